The first-order chi connectivity index (χ1) is 9.94. The number of carbonyl (C=O) groups excluding carboxylic acids is 1. The van der Waals surface area contributed by atoms with E-state index in [1.807, 2.05) is 0 Å². The van der Waals surface area contributed by atoms with E-state index in [1.54, 1.807) is 25.1 Å². The molecule has 2 rings (SSSR count). The normalized spacial score (nSPS) is 11.0. The number of rotatable bonds is 4. The summed E-state index contributed by atoms with van der Waals surface area (Å²) in [5, 5.41) is 0. The number of hydrogen-bond donors (Lipinski definition) is 0. The highest BCUT2D eigenvalue weighted by atomic mass is 32.2. The number of carbonyl (C=O) groups is 1. The fourth-order valence-corrected chi connectivity index (χ4v) is 2.78. The van der Waals surface area contributed by atoms with Crippen molar-refractivity contribution in [3.05, 3.63) is 53.7 Å². The van der Waals surface area contributed by atoms with Crippen LogP contribution in [-0.4, -0.2) is 26.5 Å². The number of ether oxygens (including phenoxy) is 1. The summed E-state index contributed by atoms with van der Waals surface area (Å²) in [5.74, 6) is -0.679. The lowest BCUT2D eigenvalue weighted by Gasteiger charge is -2.08. The number of hydrogen-bond acceptors (Lipinski definition) is 6. The van der Waals surface area contributed by atoms with Crippen LogP contribution in [-0.2, 0) is 14.9 Å². The standard InChI is InChI=1S/C14H13NO5S/c1-10-5-3-4-6-12(10)21(17,18)20-13-8-7-11(9-15-13)14(16)19-2/h3-9H,1-2H3. The molecule has 0 amide bonds. The van der Waals surface area contributed by atoms with Gasteiger partial charge in [0.05, 0.1) is 12.7 Å². The molecule has 0 aliphatic rings. The molecule has 0 bridgehead atoms. The summed E-state index contributed by atoms with van der Waals surface area (Å²) in [7, 11) is -2.72. The van der Waals surface area contributed by atoms with Gasteiger partial charge in [0.1, 0.15) is 4.90 Å². The van der Waals surface area contributed by atoms with Crippen LogP contribution in [0.4, 0.5) is 0 Å². The Balaban J connectivity index is 2.25. The molecular formula is C14H13NO5S. The molecule has 110 valence electrons. The maximum atomic E-state index is 12.1. The maximum Gasteiger partial charge on any atom is 0.340 e. The summed E-state index contributed by atoms with van der Waals surface area (Å²) in [6.45, 7) is 1.67. The van der Waals surface area contributed by atoms with Crippen molar-refractivity contribution in [3.8, 4) is 5.88 Å². The largest absolute Gasteiger partial charge is 0.465 e. The molecule has 0 saturated heterocycles. The quantitative estimate of drug-likeness (QED) is 0.634. The van der Waals surface area contributed by atoms with Gasteiger partial charge in [0, 0.05) is 12.3 Å². The minimum absolute atomic E-state index is 0.0730. The third-order valence-electron chi connectivity index (χ3n) is 2.72. The highest BCUT2D eigenvalue weighted by Gasteiger charge is 2.19. The lowest BCUT2D eigenvalue weighted by atomic mass is 10.2. The molecule has 0 atom stereocenters. The minimum Gasteiger partial charge on any atom is -0.465 e. The Labute approximate surface area is 122 Å². The van der Waals surface area contributed by atoms with Crippen LogP contribution < -0.4 is 4.18 Å². The Morgan fingerprint density at radius 3 is 2.43 bits per heavy atom. The van der Waals surface area contributed by atoms with Crippen LogP contribution in [0.25, 0.3) is 0 Å². The van der Waals surface area contributed by atoms with E-state index in [1.165, 1.54) is 31.5 Å². The molecule has 1 aromatic carbocycles. The summed E-state index contributed by atoms with van der Waals surface area (Å²) in [6.07, 6.45) is 1.19. The number of benzene rings is 1. The first kappa shape index (κ1) is 15.0. The summed E-state index contributed by atoms with van der Waals surface area (Å²) in [5.41, 5.74) is 0.779. The molecule has 0 unspecified atom stereocenters. The monoisotopic (exact) mass is 307 g/mol. The number of aryl methyl sites for hydroxylation is 1. The SMILES string of the molecule is COC(=O)c1ccc(OS(=O)(=O)c2ccccc2C)nc1. The second-order valence-electron chi connectivity index (χ2n) is 4.18. The molecular weight excluding hydrogens is 294 g/mol. The zero-order valence-corrected chi connectivity index (χ0v) is 12.3. The van der Waals surface area contributed by atoms with E-state index in [0.717, 1.165) is 0 Å². The van der Waals surface area contributed by atoms with Crippen LogP contribution in [0.1, 0.15) is 15.9 Å². The van der Waals surface area contributed by atoms with Crippen molar-refractivity contribution in [2.24, 2.45) is 0 Å². The van der Waals surface area contributed by atoms with Crippen molar-refractivity contribution in [3.63, 3.8) is 0 Å². The van der Waals surface area contributed by atoms with Crippen molar-refractivity contribution < 1.29 is 22.1 Å². The molecule has 0 fully saturated rings. The molecule has 0 radical (unpaired) electrons. The Morgan fingerprint density at radius 1 is 1.14 bits per heavy atom. The van der Waals surface area contributed by atoms with E-state index in [2.05, 4.69) is 9.72 Å². The molecule has 1 heterocycles. The number of methoxy groups -OCH3 is 1. The van der Waals surface area contributed by atoms with Crippen LogP contribution in [0, 0.1) is 6.92 Å². The zero-order chi connectivity index (χ0) is 15.5. The van der Waals surface area contributed by atoms with Gasteiger partial charge >= 0.3 is 16.1 Å². The van der Waals surface area contributed by atoms with Crippen LogP contribution in [0.2, 0.25) is 0 Å². The van der Waals surface area contributed by atoms with Crippen molar-refractivity contribution >= 4 is 16.1 Å². The van der Waals surface area contributed by atoms with Crippen molar-refractivity contribution in [1.29, 1.82) is 0 Å². The van der Waals surface area contributed by atoms with E-state index in [-0.39, 0.29) is 16.3 Å². The number of pyridine rings is 1. The van der Waals surface area contributed by atoms with Crippen molar-refractivity contribution in [1.82, 2.24) is 4.98 Å². The Morgan fingerprint density at radius 2 is 1.86 bits per heavy atom. The van der Waals surface area contributed by atoms with Crippen LogP contribution in [0.3, 0.4) is 0 Å². The predicted molar refractivity (Wildman–Crippen MR) is 74.6 cm³/mol. The topological polar surface area (TPSA) is 82.6 Å². The van der Waals surface area contributed by atoms with Gasteiger partial charge in [0.2, 0.25) is 5.88 Å². The molecule has 6 nitrogen and oxygen atoms in total. The third kappa shape index (κ3) is 3.38. The molecule has 0 aliphatic carbocycles. The molecule has 21 heavy (non-hydrogen) atoms. The second kappa shape index (κ2) is 5.92. The van der Waals surface area contributed by atoms with E-state index in [9.17, 15) is 13.2 Å². The fourth-order valence-electron chi connectivity index (χ4n) is 1.66. The highest BCUT2D eigenvalue weighted by Crippen LogP contribution is 2.19. The highest BCUT2D eigenvalue weighted by molar-refractivity contribution is 7.87. The van der Waals surface area contributed by atoms with Gasteiger partial charge in [-0.25, -0.2) is 9.78 Å². The fraction of sp³-hybridized carbons (Fsp3) is 0.143. The number of esters is 1. The predicted octanol–water partition coefficient (Wildman–Crippen LogP) is 1.94. The van der Waals surface area contributed by atoms with E-state index < -0.39 is 16.1 Å². The zero-order valence-electron chi connectivity index (χ0n) is 11.4. The molecule has 0 aliphatic heterocycles. The molecule has 1 aromatic heterocycles. The molecule has 2 aromatic rings. The van der Waals surface area contributed by atoms with Gasteiger partial charge < -0.3 is 8.92 Å². The summed E-state index contributed by atoms with van der Waals surface area (Å²) in [4.78, 5) is 15.1. The lowest BCUT2D eigenvalue weighted by molar-refractivity contribution is 0.0600. The Bertz CT molecular complexity index is 753. The Kier molecular flexibility index (Phi) is 4.23. The van der Waals surface area contributed by atoms with Gasteiger partial charge in [-0.2, -0.15) is 8.42 Å². The first-order valence-corrected chi connectivity index (χ1v) is 7.39. The number of nitrogens with zero attached hydrogens (tertiary/aromatic N) is 1. The molecule has 7 heteroatoms. The number of aromatic nitrogens is 1. The van der Waals surface area contributed by atoms with E-state index in [0.29, 0.717) is 5.56 Å². The van der Waals surface area contributed by atoms with Gasteiger partial charge in [-0.3, -0.25) is 0 Å². The van der Waals surface area contributed by atoms with Crippen LogP contribution in [0.15, 0.2) is 47.5 Å². The van der Waals surface area contributed by atoms with Gasteiger partial charge in [0.15, 0.2) is 0 Å². The average Bonchev–Trinajstić information content (AvgIpc) is 2.47. The summed E-state index contributed by atoms with van der Waals surface area (Å²) >= 11 is 0. The van der Waals surface area contributed by atoms with Gasteiger partial charge in [0.25, 0.3) is 0 Å². The smallest absolute Gasteiger partial charge is 0.340 e. The first-order valence-electron chi connectivity index (χ1n) is 5.98. The Hall–Kier alpha value is -2.41. The average molecular weight is 307 g/mol. The van der Waals surface area contributed by atoms with Gasteiger partial charge in [-0.1, -0.05) is 18.2 Å². The van der Waals surface area contributed by atoms with Gasteiger partial charge in [-0.15, -0.1) is 0 Å². The molecule has 0 spiro atoms. The van der Waals surface area contributed by atoms with E-state index >= 15 is 0 Å². The third-order valence-corrected chi connectivity index (χ3v) is 4.10. The van der Waals surface area contributed by atoms with E-state index in [4.69, 9.17) is 4.18 Å². The van der Waals surface area contributed by atoms with Crippen molar-refractivity contribution in [2.45, 2.75) is 11.8 Å². The minimum atomic E-state index is -3.96. The van der Waals surface area contributed by atoms with Crippen LogP contribution in [0.5, 0.6) is 5.88 Å². The summed E-state index contributed by atoms with van der Waals surface area (Å²) < 4.78 is 33.8. The maximum absolute atomic E-state index is 12.1. The molecule has 0 N–H and O–H groups in total. The van der Waals surface area contributed by atoms with Crippen molar-refractivity contribution in [2.75, 3.05) is 7.11 Å². The van der Waals surface area contributed by atoms with Crippen LogP contribution >= 0.6 is 0 Å². The summed E-state index contributed by atoms with van der Waals surface area (Å²) in [6, 6.07) is 9.13. The lowest BCUT2D eigenvalue weighted by Crippen LogP contribution is -2.12. The molecule has 0 saturated carbocycles. The second-order valence-corrected chi connectivity index (χ2v) is 5.69. The van der Waals surface area contributed by atoms with Gasteiger partial charge in [-0.05, 0) is 24.6 Å².